The van der Waals surface area contributed by atoms with E-state index in [9.17, 15) is 4.79 Å². The highest BCUT2D eigenvalue weighted by Crippen LogP contribution is 2.21. The van der Waals surface area contributed by atoms with Crippen LogP contribution in [0.1, 0.15) is 13.8 Å². The molecule has 0 saturated heterocycles. The number of oxazole rings is 1. The number of hydrogen-bond donors (Lipinski definition) is 1. The van der Waals surface area contributed by atoms with Crippen molar-refractivity contribution in [1.29, 1.82) is 5.26 Å². The Morgan fingerprint density at radius 1 is 1.47 bits per heavy atom. The van der Waals surface area contributed by atoms with Gasteiger partial charge in [-0.3, -0.25) is 4.98 Å². The summed E-state index contributed by atoms with van der Waals surface area (Å²) in [6.45, 7) is 4.73. The van der Waals surface area contributed by atoms with E-state index in [2.05, 4.69) is 11.1 Å². The fraction of sp³-hybridized carbons (Fsp3) is 0.429. The van der Waals surface area contributed by atoms with E-state index in [1.54, 1.807) is 6.07 Å². The van der Waals surface area contributed by atoms with Crippen molar-refractivity contribution in [2.24, 2.45) is 11.8 Å². The lowest BCUT2D eigenvalue weighted by molar-refractivity contribution is 0.477. The third-order valence-corrected chi connectivity index (χ3v) is 3.28. The highest BCUT2D eigenvalue weighted by atomic mass is 16.4. The number of nitrogens with zero attached hydrogens (tertiary/aromatic N) is 2. The van der Waals surface area contributed by atoms with E-state index in [0.29, 0.717) is 23.6 Å². The van der Waals surface area contributed by atoms with Crippen LogP contribution < -0.4 is 10.7 Å². The first-order valence-corrected chi connectivity index (χ1v) is 6.25. The van der Waals surface area contributed by atoms with Crippen molar-refractivity contribution in [3.05, 3.63) is 28.7 Å². The predicted octanol–water partition coefficient (Wildman–Crippen LogP) is 2.35. The van der Waals surface area contributed by atoms with Gasteiger partial charge in [0.2, 0.25) is 0 Å². The molecule has 1 heterocycles. The Kier molecular flexibility index (Phi) is 3.61. The highest BCUT2D eigenvalue weighted by molar-refractivity contribution is 5.77. The molecule has 100 valence electrons. The summed E-state index contributed by atoms with van der Waals surface area (Å²) in [5.74, 6) is -0.166. The molecular weight excluding hydrogens is 242 g/mol. The van der Waals surface area contributed by atoms with Crippen molar-refractivity contribution < 1.29 is 4.42 Å². The lowest BCUT2D eigenvalue weighted by Gasteiger charge is -2.23. The molecule has 0 aliphatic heterocycles. The minimum absolute atomic E-state index is 0.0240. The largest absolute Gasteiger partial charge is 0.417 e. The maximum Gasteiger partial charge on any atom is 0.417 e. The summed E-state index contributed by atoms with van der Waals surface area (Å²) < 4.78 is 4.96. The van der Waals surface area contributed by atoms with Crippen LogP contribution in [-0.2, 0) is 0 Å². The predicted molar refractivity (Wildman–Crippen MR) is 74.0 cm³/mol. The highest BCUT2D eigenvalue weighted by Gasteiger charge is 2.15. The Hall–Kier alpha value is -2.22. The summed E-state index contributed by atoms with van der Waals surface area (Å²) in [4.78, 5) is 15.7. The van der Waals surface area contributed by atoms with E-state index in [1.165, 1.54) is 0 Å². The molecular formula is C14H17N3O2. The monoisotopic (exact) mass is 259 g/mol. The number of nitrogens with one attached hydrogen (secondary N) is 1. The second kappa shape index (κ2) is 5.19. The number of aromatic amines is 1. The van der Waals surface area contributed by atoms with Crippen LogP contribution in [0.15, 0.2) is 27.4 Å². The molecule has 1 unspecified atom stereocenters. The van der Waals surface area contributed by atoms with E-state index < -0.39 is 5.76 Å². The van der Waals surface area contributed by atoms with Crippen molar-refractivity contribution in [3.63, 3.8) is 0 Å². The van der Waals surface area contributed by atoms with Crippen molar-refractivity contribution in [1.82, 2.24) is 4.98 Å². The molecule has 0 radical (unpaired) electrons. The molecule has 1 aromatic carbocycles. The Morgan fingerprint density at radius 3 is 2.84 bits per heavy atom. The van der Waals surface area contributed by atoms with Crippen molar-refractivity contribution in [2.75, 3.05) is 18.5 Å². The normalized spacial score (nSPS) is 12.6. The number of rotatable bonds is 4. The Labute approximate surface area is 111 Å². The first-order chi connectivity index (χ1) is 9.01. The van der Waals surface area contributed by atoms with Crippen LogP contribution in [0.2, 0.25) is 0 Å². The summed E-state index contributed by atoms with van der Waals surface area (Å²) in [6, 6.07) is 7.82. The van der Waals surface area contributed by atoms with E-state index in [0.717, 1.165) is 5.69 Å². The number of anilines is 1. The summed E-state index contributed by atoms with van der Waals surface area (Å²) in [6.07, 6.45) is 0. The molecule has 0 saturated carbocycles. The van der Waals surface area contributed by atoms with Crippen LogP contribution in [-0.4, -0.2) is 18.6 Å². The molecule has 1 atom stereocenters. The Balaban J connectivity index is 2.23. The average Bonchev–Trinajstić information content (AvgIpc) is 2.74. The van der Waals surface area contributed by atoms with Gasteiger partial charge >= 0.3 is 5.76 Å². The van der Waals surface area contributed by atoms with Gasteiger partial charge in [0, 0.05) is 19.3 Å². The molecule has 0 spiro atoms. The van der Waals surface area contributed by atoms with Crippen LogP contribution in [0.5, 0.6) is 0 Å². The zero-order chi connectivity index (χ0) is 14.0. The molecule has 0 aliphatic rings. The van der Waals surface area contributed by atoms with Crippen LogP contribution >= 0.6 is 0 Å². The first-order valence-electron chi connectivity index (χ1n) is 6.25. The molecule has 2 aromatic rings. The average molecular weight is 259 g/mol. The van der Waals surface area contributed by atoms with E-state index in [4.69, 9.17) is 9.68 Å². The van der Waals surface area contributed by atoms with Crippen molar-refractivity contribution in [2.45, 2.75) is 13.8 Å². The fourth-order valence-electron chi connectivity index (χ4n) is 1.98. The van der Waals surface area contributed by atoms with Crippen molar-refractivity contribution >= 4 is 16.8 Å². The summed E-state index contributed by atoms with van der Waals surface area (Å²) >= 11 is 0. The molecule has 0 aliphatic carbocycles. The van der Waals surface area contributed by atoms with E-state index >= 15 is 0 Å². The summed E-state index contributed by atoms with van der Waals surface area (Å²) in [7, 11) is 1.94. The molecule has 0 fully saturated rings. The number of nitriles is 1. The van der Waals surface area contributed by atoms with Gasteiger partial charge in [0.15, 0.2) is 5.58 Å². The molecule has 0 bridgehead atoms. The minimum atomic E-state index is -0.452. The number of fused-ring (bicyclic) bond motifs is 1. The minimum Gasteiger partial charge on any atom is -0.408 e. The van der Waals surface area contributed by atoms with Gasteiger partial charge in [-0.1, -0.05) is 13.8 Å². The van der Waals surface area contributed by atoms with Gasteiger partial charge in [0.1, 0.15) is 0 Å². The first kappa shape index (κ1) is 13.2. The lowest BCUT2D eigenvalue weighted by Crippen LogP contribution is -2.27. The Morgan fingerprint density at radius 2 is 2.21 bits per heavy atom. The van der Waals surface area contributed by atoms with Gasteiger partial charge in [-0.25, -0.2) is 4.79 Å². The number of hydrogen-bond acceptors (Lipinski definition) is 4. The van der Waals surface area contributed by atoms with Crippen LogP contribution in [0, 0.1) is 23.2 Å². The topological polar surface area (TPSA) is 73.0 Å². The SMILES string of the molecule is CC(C)C(C#N)CN(C)c1ccc2oc(=O)[nH]c2c1. The van der Waals surface area contributed by atoms with E-state index in [-0.39, 0.29) is 5.92 Å². The molecule has 1 aromatic heterocycles. The number of H-pyrrole nitrogens is 1. The third kappa shape index (κ3) is 2.79. The van der Waals surface area contributed by atoms with Crippen LogP contribution in [0.4, 0.5) is 5.69 Å². The van der Waals surface area contributed by atoms with Gasteiger partial charge in [-0.15, -0.1) is 0 Å². The second-order valence-corrected chi connectivity index (χ2v) is 5.06. The third-order valence-electron chi connectivity index (χ3n) is 3.28. The van der Waals surface area contributed by atoms with Crippen LogP contribution in [0.3, 0.4) is 0 Å². The van der Waals surface area contributed by atoms with Gasteiger partial charge in [0.05, 0.1) is 17.5 Å². The van der Waals surface area contributed by atoms with Crippen molar-refractivity contribution in [3.8, 4) is 6.07 Å². The maximum absolute atomic E-state index is 11.1. The smallest absolute Gasteiger partial charge is 0.408 e. The number of benzene rings is 1. The summed E-state index contributed by atoms with van der Waals surface area (Å²) in [5.41, 5.74) is 2.17. The van der Waals surface area contributed by atoms with Gasteiger partial charge in [0.25, 0.3) is 0 Å². The zero-order valence-electron chi connectivity index (χ0n) is 11.3. The lowest BCUT2D eigenvalue weighted by atomic mass is 9.97. The fourth-order valence-corrected chi connectivity index (χ4v) is 1.98. The molecule has 5 heteroatoms. The molecule has 2 rings (SSSR count). The van der Waals surface area contributed by atoms with E-state index in [1.807, 2.05) is 37.9 Å². The second-order valence-electron chi connectivity index (χ2n) is 5.06. The molecule has 19 heavy (non-hydrogen) atoms. The zero-order valence-corrected chi connectivity index (χ0v) is 11.3. The Bertz CT molecular complexity index is 663. The maximum atomic E-state index is 11.1. The van der Waals surface area contributed by atoms with Gasteiger partial charge < -0.3 is 9.32 Å². The molecule has 5 nitrogen and oxygen atoms in total. The van der Waals surface area contributed by atoms with Gasteiger partial charge in [-0.2, -0.15) is 5.26 Å². The summed E-state index contributed by atoms with van der Waals surface area (Å²) in [5, 5.41) is 9.13. The molecule has 1 N–H and O–H groups in total. The van der Waals surface area contributed by atoms with Gasteiger partial charge in [-0.05, 0) is 24.1 Å². The standard InChI is InChI=1S/C14H17N3O2/c1-9(2)10(7-15)8-17(3)11-4-5-13-12(6-11)16-14(18)19-13/h4-6,9-10H,8H2,1-3H3,(H,16,18). The quantitative estimate of drug-likeness (QED) is 0.914. The molecule has 0 amide bonds. The van der Waals surface area contributed by atoms with Crippen LogP contribution in [0.25, 0.3) is 11.1 Å². The number of aromatic nitrogens is 1.